The second-order valence-electron chi connectivity index (χ2n) is 5.51. The summed E-state index contributed by atoms with van der Waals surface area (Å²) in [5.41, 5.74) is 4.95. The molecule has 1 aliphatic rings. The fraction of sp³-hybridized carbons (Fsp3) is 0.167. The molecular formula is C18H16ClN2S+. The Balaban J connectivity index is 1.86. The molecule has 0 amide bonds. The van der Waals surface area contributed by atoms with Gasteiger partial charge in [0.2, 0.25) is 0 Å². The lowest BCUT2D eigenvalue weighted by Gasteiger charge is -1.98. The summed E-state index contributed by atoms with van der Waals surface area (Å²) >= 11 is 7.93. The average molecular weight is 328 g/mol. The van der Waals surface area contributed by atoms with Crippen LogP contribution >= 0.6 is 23.4 Å². The number of hydrogen-bond acceptors (Lipinski definition) is 1. The number of aromatic nitrogens is 2. The minimum absolute atomic E-state index is 0.776. The first-order chi connectivity index (χ1) is 10.7. The molecule has 2 aromatic carbocycles. The molecule has 0 saturated heterocycles. The smallest absolute Gasteiger partial charge is 0.216 e. The Morgan fingerprint density at radius 2 is 1.77 bits per heavy atom. The van der Waals surface area contributed by atoms with Crippen LogP contribution in [0.4, 0.5) is 0 Å². The predicted molar refractivity (Wildman–Crippen MR) is 91.9 cm³/mol. The zero-order valence-corrected chi connectivity index (χ0v) is 13.9. The highest BCUT2D eigenvalue weighted by Crippen LogP contribution is 2.29. The van der Waals surface area contributed by atoms with Gasteiger partial charge in [-0.1, -0.05) is 29.3 Å². The number of benzene rings is 2. The van der Waals surface area contributed by atoms with Crippen LogP contribution in [0.1, 0.15) is 5.56 Å². The van der Waals surface area contributed by atoms with Crippen molar-refractivity contribution in [2.45, 2.75) is 18.6 Å². The minimum Gasteiger partial charge on any atom is -0.216 e. The molecule has 2 nitrogen and oxygen atoms in total. The lowest BCUT2D eigenvalue weighted by atomic mass is 10.1. The summed E-state index contributed by atoms with van der Waals surface area (Å²) in [7, 11) is 0. The molecule has 0 N–H and O–H groups in total. The van der Waals surface area contributed by atoms with E-state index >= 15 is 0 Å². The molecular weight excluding hydrogens is 312 g/mol. The van der Waals surface area contributed by atoms with Crippen molar-refractivity contribution in [1.82, 2.24) is 4.57 Å². The van der Waals surface area contributed by atoms with Gasteiger partial charge in [-0.3, -0.25) is 0 Å². The van der Waals surface area contributed by atoms with E-state index in [1.54, 1.807) is 0 Å². The van der Waals surface area contributed by atoms with Crippen LogP contribution in [0, 0.1) is 6.92 Å². The van der Waals surface area contributed by atoms with Gasteiger partial charge in [-0.25, -0.2) is 4.57 Å². The summed E-state index contributed by atoms with van der Waals surface area (Å²) in [5, 5.41) is 2.08. The number of nitrogens with zero attached hydrogens (tertiary/aromatic N) is 2. The van der Waals surface area contributed by atoms with Crippen molar-refractivity contribution in [3.05, 3.63) is 65.3 Å². The number of thioether (sulfide) groups is 1. The lowest BCUT2D eigenvalue weighted by Crippen LogP contribution is -2.33. The van der Waals surface area contributed by atoms with Crippen LogP contribution in [0.2, 0.25) is 5.02 Å². The maximum absolute atomic E-state index is 6.02. The van der Waals surface area contributed by atoms with Crippen molar-refractivity contribution in [2.24, 2.45) is 0 Å². The topological polar surface area (TPSA) is 8.81 Å². The second kappa shape index (κ2) is 5.49. The summed E-state index contributed by atoms with van der Waals surface area (Å²) in [6, 6.07) is 16.8. The molecule has 0 atom stereocenters. The molecule has 4 heteroatoms. The summed E-state index contributed by atoms with van der Waals surface area (Å²) in [6.45, 7) is 3.17. The molecule has 4 rings (SSSR count). The normalized spacial score (nSPS) is 13.4. The average Bonchev–Trinajstić information content (AvgIpc) is 3.12. The minimum atomic E-state index is 0.776. The van der Waals surface area contributed by atoms with E-state index in [4.69, 9.17) is 11.6 Å². The van der Waals surface area contributed by atoms with E-state index in [0.29, 0.717) is 0 Å². The highest BCUT2D eigenvalue weighted by molar-refractivity contribution is 7.99. The van der Waals surface area contributed by atoms with Crippen LogP contribution < -0.4 is 4.57 Å². The summed E-state index contributed by atoms with van der Waals surface area (Å²) in [5.74, 6) is 1.13. The molecule has 22 heavy (non-hydrogen) atoms. The van der Waals surface area contributed by atoms with Gasteiger partial charge in [0.15, 0.2) is 5.69 Å². The van der Waals surface area contributed by atoms with Gasteiger partial charge in [-0.2, -0.15) is 4.57 Å². The van der Waals surface area contributed by atoms with E-state index in [9.17, 15) is 0 Å². The summed E-state index contributed by atoms with van der Waals surface area (Å²) in [4.78, 5) is 0. The molecule has 0 saturated carbocycles. The van der Waals surface area contributed by atoms with Crippen LogP contribution in [0.5, 0.6) is 0 Å². The van der Waals surface area contributed by atoms with Gasteiger partial charge in [0.25, 0.3) is 0 Å². The Morgan fingerprint density at radius 1 is 1.05 bits per heavy atom. The molecule has 0 aliphatic carbocycles. The van der Waals surface area contributed by atoms with E-state index in [1.807, 2.05) is 23.9 Å². The third-order valence-electron chi connectivity index (χ3n) is 3.98. The van der Waals surface area contributed by atoms with Gasteiger partial charge in [0, 0.05) is 16.3 Å². The fourth-order valence-electron chi connectivity index (χ4n) is 2.81. The molecule has 1 aromatic heterocycles. The Morgan fingerprint density at radius 3 is 2.50 bits per heavy atom. The summed E-state index contributed by atoms with van der Waals surface area (Å²) in [6.07, 6.45) is 2.23. The van der Waals surface area contributed by atoms with E-state index in [2.05, 4.69) is 58.7 Å². The van der Waals surface area contributed by atoms with Crippen LogP contribution in [0.25, 0.3) is 16.9 Å². The van der Waals surface area contributed by atoms with E-state index in [1.165, 1.54) is 27.7 Å². The van der Waals surface area contributed by atoms with Gasteiger partial charge in [0.05, 0.1) is 0 Å². The first kappa shape index (κ1) is 13.9. The zero-order valence-electron chi connectivity index (χ0n) is 12.3. The molecule has 0 spiro atoms. The Labute approximate surface area is 139 Å². The van der Waals surface area contributed by atoms with Crippen LogP contribution in [0.15, 0.2) is 59.9 Å². The third-order valence-corrected chi connectivity index (χ3v) is 5.29. The van der Waals surface area contributed by atoms with Crippen molar-refractivity contribution in [3.63, 3.8) is 0 Å². The number of rotatable bonds is 2. The first-order valence-corrected chi connectivity index (χ1v) is 8.70. The van der Waals surface area contributed by atoms with E-state index in [0.717, 1.165) is 17.3 Å². The molecule has 110 valence electrons. The van der Waals surface area contributed by atoms with Gasteiger partial charge in [0.1, 0.15) is 18.4 Å². The highest BCUT2D eigenvalue weighted by Gasteiger charge is 2.30. The Bertz CT molecular complexity index is 752. The largest absolute Gasteiger partial charge is 0.323 e. The molecule has 2 heterocycles. The maximum Gasteiger partial charge on any atom is 0.323 e. The van der Waals surface area contributed by atoms with E-state index < -0.39 is 0 Å². The van der Waals surface area contributed by atoms with Crippen molar-refractivity contribution in [2.75, 3.05) is 5.75 Å². The van der Waals surface area contributed by atoms with Gasteiger partial charge in [-0.15, -0.1) is 0 Å². The second-order valence-corrected chi connectivity index (χ2v) is 7.01. The van der Waals surface area contributed by atoms with Crippen molar-refractivity contribution in [1.29, 1.82) is 0 Å². The number of fused-ring (bicyclic) bond motifs is 1. The van der Waals surface area contributed by atoms with Crippen molar-refractivity contribution in [3.8, 4) is 16.9 Å². The number of halogens is 1. The van der Waals surface area contributed by atoms with Crippen molar-refractivity contribution < 1.29 is 4.57 Å². The third kappa shape index (κ3) is 2.34. The monoisotopic (exact) mass is 327 g/mol. The predicted octanol–water partition coefficient (Wildman–Crippen LogP) is 4.50. The number of aryl methyl sites for hydroxylation is 1. The molecule has 0 fully saturated rings. The van der Waals surface area contributed by atoms with Crippen LogP contribution in [0.3, 0.4) is 0 Å². The maximum atomic E-state index is 6.02. The van der Waals surface area contributed by atoms with E-state index in [-0.39, 0.29) is 0 Å². The number of hydrogen-bond donors (Lipinski definition) is 0. The summed E-state index contributed by atoms with van der Waals surface area (Å²) < 4.78 is 4.69. The number of imidazole rings is 1. The molecule has 0 radical (unpaired) electrons. The van der Waals surface area contributed by atoms with Crippen LogP contribution in [-0.4, -0.2) is 10.3 Å². The standard InChI is InChI=1S/C18H16ClN2S/c1-13-2-8-16(9-3-13)21-12-17(20-10-11-22-18(20)21)14-4-6-15(19)7-5-14/h2-9,12H,10-11H2,1H3/q+1. The Hall–Kier alpha value is -1.71. The molecule has 0 bridgehead atoms. The van der Waals surface area contributed by atoms with Crippen molar-refractivity contribution >= 4 is 23.4 Å². The molecule has 3 aromatic rings. The SMILES string of the molecule is Cc1ccc(-n2cc(-c3ccc(Cl)cc3)[n+]3c2SCC3)cc1. The zero-order chi connectivity index (χ0) is 15.1. The quantitative estimate of drug-likeness (QED) is 0.629. The fourth-order valence-corrected chi connectivity index (χ4v) is 4.04. The van der Waals surface area contributed by atoms with Gasteiger partial charge >= 0.3 is 5.16 Å². The first-order valence-electron chi connectivity index (χ1n) is 7.33. The van der Waals surface area contributed by atoms with Gasteiger partial charge < -0.3 is 0 Å². The van der Waals surface area contributed by atoms with Crippen LogP contribution in [-0.2, 0) is 6.54 Å². The molecule has 1 aliphatic heterocycles. The Kier molecular flexibility index (Phi) is 3.47. The highest BCUT2D eigenvalue weighted by atomic mass is 35.5. The van der Waals surface area contributed by atoms with Gasteiger partial charge in [-0.05, 0) is 55.1 Å². The molecule has 0 unspecified atom stereocenters. The lowest BCUT2D eigenvalue weighted by molar-refractivity contribution is -0.713.